The van der Waals surface area contributed by atoms with Crippen LogP contribution in [0.2, 0.25) is 0 Å². The lowest BCUT2D eigenvalue weighted by molar-refractivity contribution is 0.169. The Balaban J connectivity index is 2.02. The van der Waals surface area contributed by atoms with Gasteiger partial charge < -0.3 is 15.0 Å². The molecule has 1 aliphatic heterocycles. The molecule has 0 saturated carbocycles. The van der Waals surface area contributed by atoms with E-state index >= 15 is 0 Å². The van der Waals surface area contributed by atoms with Crippen molar-refractivity contribution >= 4 is 11.8 Å². The van der Waals surface area contributed by atoms with Crippen LogP contribution >= 0.6 is 11.8 Å². The van der Waals surface area contributed by atoms with Gasteiger partial charge >= 0.3 is 0 Å². The van der Waals surface area contributed by atoms with Gasteiger partial charge in [0.05, 0.1) is 24.4 Å². The van der Waals surface area contributed by atoms with E-state index in [9.17, 15) is 0 Å². The largest absolute Gasteiger partial charge is 0.379 e. The molecule has 0 aromatic carbocycles. The Labute approximate surface area is 105 Å². The lowest BCUT2D eigenvalue weighted by Crippen LogP contribution is -2.42. The van der Waals surface area contributed by atoms with Crippen molar-refractivity contribution in [1.82, 2.24) is 10.1 Å². The number of rotatable bonds is 5. The van der Waals surface area contributed by atoms with Gasteiger partial charge in [-0.05, 0) is 19.1 Å². The maximum Gasteiger partial charge on any atom is 0.236 e. The molecule has 0 radical (unpaired) electrons. The van der Waals surface area contributed by atoms with E-state index in [4.69, 9.17) is 15.0 Å². The van der Waals surface area contributed by atoms with E-state index in [1.807, 2.05) is 18.7 Å². The average molecular weight is 257 g/mol. The summed E-state index contributed by atoms with van der Waals surface area (Å²) < 4.78 is 10.7. The smallest absolute Gasteiger partial charge is 0.236 e. The van der Waals surface area contributed by atoms with Crippen molar-refractivity contribution in [2.75, 3.05) is 19.0 Å². The quantitative estimate of drug-likeness (QED) is 0.802. The van der Waals surface area contributed by atoms with Gasteiger partial charge in [0.25, 0.3) is 0 Å². The molecule has 0 amide bonds. The first-order valence-electron chi connectivity index (χ1n) is 5.91. The first-order valence-corrected chi connectivity index (χ1v) is 7.06. The lowest BCUT2D eigenvalue weighted by Gasteiger charge is -2.21. The minimum absolute atomic E-state index is 0.0703. The maximum absolute atomic E-state index is 6.02. The van der Waals surface area contributed by atoms with Crippen molar-refractivity contribution < 1.29 is 9.26 Å². The topological polar surface area (TPSA) is 74.2 Å². The summed E-state index contributed by atoms with van der Waals surface area (Å²) in [5.41, 5.74) is 5.69. The van der Waals surface area contributed by atoms with Crippen LogP contribution in [0.5, 0.6) is 0 Å². The summed E-state index contributed by atoms with van der Waals surface area (Å²) in [5.74, 6) is 3.26. The minimum atomic E-state index is -0.333. The minimum Gasteiger partial charge on any atom is -0.379 e. The number of ether oxygens (including phenoxy) is 1. The molecule has 0 aliphatic carbocycles. The third-order valence-corrected chi connectivity index (χ3v) is 4.21. The van der Waals surface area contributed by atoms with Crippen LogP contribution in [0.4, 0.5) is 0 Å². The van der Waals surface area contributed by atoms with Gasteiger partial charge in [-0.2, -0.15) is 16.7 Å². The molecule has 2 heterocycles. The molecule has 1 aromatic rings. The Morgan fingerprint density at radius 3 is 3.06 bits per heavy atom. The van der Waals surface area contributed by atoms with Crippen molar-refractivity contribution in [2.45, 2.75) is 37.5 Å². The molecule has 2 N–H and O–H groups in total. The summed E-state index contributed by atoms with van der Waals surface area (Å²) in [6.45, 7) is 5.28. The summed E-state index contributed by atoms with van der Waals surface area (Å²) in [6.07, 6.45) is 1.16. The van der Waals surface area contributed by atoms with Gasteiger partial charge in [-0.1, -0.05) is 12.1 Å². The van der Waals surface area contributed by atoms with Crippen LogP contribution in [0.25, 0.3) is 0 Å². The zero-order valence-corrected chi connectivity index (χ0v) is 11.1. The van der Waals surface area contributed by atoms with Gasteiger partial charge in [-0.15, -0.1) is 0 Å². The molecular weight excluding hydrogens is 238 g/mol. The molecule has 2 rings (SSSR count). The third-order valence-electron chi connectivity index (χ3n) is 3.05. The van der Waals surface area contributed by atoms with Gasteiger partial charge in [-0.25, -0.2) is 0 Å². The molecule has 5 nitrogen and oxygen atoms in total. The highest BCUT2D eigenvalue weighted by Crippen LogP contribution is 2.30. The van der Waals surface area contributed by atoms with Crippen LogP contribution in [-0.2, 0) is 15.9 Å². The van der Waals surface area contributed by atoms with Gasteiger partial charge in [0.1, 0.15) is 0 Å². The van der Waals surface area contributed by atoms with E-state index in [0.29, 0.717) is 19.1 Å². The Kier molecular flexibility index (Phi) is 4.06. The monoisotopic (exact) mass is 257 g/mol. The standard InChI is InChI=1S/C11H19N3O2S/c1-3-4-17-6-9-13-10(16-14-9)11(2)7-15-5-8(11)12/h8H,3-7,12H2,1-2H3. The predicted molar refractivity (Wildman–Crippen MR) is 66.9 cm³/mol. The Morgan fingerprint density at radius 1 is 1.59 bits per heavy atom. The molecule has 1 saturated heterocycles. The molecule has 17 heavy (non-hydrogen) atoms. The zero-order chi connectivity index (χ0) is 12.3. The predicted octanol–water partition coefficient (Wildman–Crippen LogP) is 1.33. The Morgan fingerprint density at radius 2 is 2.41 bits per heavy atom. The lowest BCUT2D eigenvalue weighted by atomic mass is 9.86. The number of nitrogens with zero attached hydrogens (tertiary/aromatic N) is 2. The first-order chi connectivity index (χ1) is 8.16. The van der Waals surface area contributed by atoms with E-state index in [0.717, 1.165) is 23.8 Å². The first kappa shape index (κ1) is 12.9. The van der Waals surface area contributed by atoms with Crippen LogP contribution in [0, 0.1) is 0 Å². The molecule has 0 bridgehead atoms. The second-order valence-electron chi connectivity index (χ2n) is 4.61. The highest BCUT2D eigenvalue weighted by Gasteiger charge is 2.44. The van der Waals surface area contributed by atoms with Gasteiger partial charge in [-0.3, -0.25) is 0 Å². The molecule has 0 spiro atoms. The van der Waals surface area contributed by atoms with Gasteiger partial charge in [0.2, 0.25) is 5.89 Å². The summed E-state index contributed by atoms with van der Waals surface area (Å²) >= 11 is 1.81. The van der Waals surface area contributed by atoms with Crippen molar-refractivity contribution in [2.24, 2.45) is 5.73 Å². The third kappa shape index (κ3) is 2.64. The molecule has 1 fully saturated rings. The number of nitrogens with two attached hydrogens (primary N) is 1. The van der Waals surface area contributed by atoms with Crippen LogP contribution in [-0.4, -0.2) is 35.1 Å². The van der Waals surface area contributed by atoms with Crippen LogP contribution in [0.15, 0.2) is 4.52 Å². The van der Waals surface area contributed by atoms with Crippen molar-refractivity contribution in [1.29, 1.82) is 0 Å². The normalized spacial score (nSPS) is 28.8. The second kappa shape index (κ2) is 5.37. The van der Waals surface area contributed by atoms with Crippen LogP contribution in [0.3, 0.4) is 0 Å². The molecule has 96 valence electrons. The molecule has 6 heteroatoms. The van der Waals surface area contributed by atoms with E-state index in [-0.39, 0.29) is 11.5 Å². The summed E-state index contributed by atoms with van der Waals surface area (Å²) in [5, 5.41) is 3.99. The van der Waals surface area contributed by atoms with Crippen LogP contribution < -0.4 is 5.73 Å². The van der Waals surface area contributed by atoms with Crippen molar-refractivity contribution in [3.8, 4) is 0 Å². The average Bonchev–Trinajstić information content (AvgIpc) is 2.89. The fourth-order valence-corrected chi connectivity index (χ4v) is 2.49. The highest BCUT2D eigenvalue weighted by molar-refractivity contribution is 7.98. The van der Waals surface area contributed by atoms with Gasteiger partial charge in [0.15, 0.2) is 5.82 Å². The number of hydrogen-bond acceptors (Lipinski definition) is 6. The molecule has 2 unspecified atom stereocenters. The fraction of sp³-hybridized carbons (Fsp3) is 0.818. The Hall–Kier alpha value is -0.590. The SMILES string of the molecule is CCCSCc1noc(C2(C)COCC2N)n1. The zero-order valence-electron chi connectivity index (χ0n) is 10.3. The van der Waals surface area contributed by atoms with Crippen LogP contribution in [0.1, 0.15) is 32.0 Å². The Bertz CT molecular complexity index is 371. The number of aromatic nitrogens is 2. The number of hydrogen-bond donors (Lipinski definition) is 1. The van der Waals surface area contributed by atoms with Crippen molar-refractivity contribution in [3.63, 3.8) is 0 Å². The van der Waals surface area contributed by atoms with Gasteiger partial charge in [0, 0.05) is 6.04 Å². The fourth-order valence-electron chi connectivity index (χ4n) is 1.76. The highest BCUT2D eigenvalue weighted by atomic mass is 32.2. The number of thioether (sulfide) groups is 1. The summed E-state index contributed by atoms with van der Waals surface area (Å²) in [4.78, 5) is 4.43. The molecule has 1 aliphatic rings. The van der Waals surface area contributed by atoms with E-state index in [1.165, 1.54) is 0 Å². The van der Waals surface area contributed by atoms with E-state index in [1.54, 1.807) is 0 Å². The van der Waals surface area contributed by atoms with Crippen molar-refractivity contribution in [3.05, 3.63) is 11.7 Å². The second-order valence-corrected chi connectivity index (χ2v) is 5.71. The molecular formula is C11H19N3O2S. The summed E-state index contributed by atoms with van der Waals surface area (Å²) in [6, 6.07) is -0.0703. The maximum atomic E-state index is 6.02. The van der Waals surface area contributed by atoms with E-state index < -0.39 is 0 Å². The summed E-state index contributed by atoms with van der Waals surface area (Å²) in [7, 11) is 0. The van der Waals surface area contributed by atoms with E-state index in [2.05, 4.69) is 17.1 Å². The molecule has 2 atom stereocenters. The molecule has 1 aromatic heterocycles.